The molecule has 5 rings (SSSR count). The maximum Gasteiger partial charge on any atom is 0.410 e. The minimum Gasteiger partial charge on any atom is -0.496 e. The van der Waals surface area contributed by atoms with E-state index in [9.17, 15) is 18.5 Å². The summed E-state index contributed by atoms with van der Waals surface area (Å²) in [5.41, 5.74) is 0.170. The Balaban J connectivity index is 1.81. The standard InChI is InChI=1S/C32H34ClN5O6S/c1-35(2)20-22-10-14-25(28(17-22)43-5)32(37-16-6-7-29(37)44-31(40)36(3)4)26-18-23(33)11-15-27(26)38(30(32)39)45(41,42)24-12-8-21(19-34)9-13-24/h8-15,17-18,29H,6-7,16,20H2,1-5H3/t29-,32?/m0/s1. The van der Waals surface area contributed by atoms with Crippen molar-refractivity contribution in [2.45, 2.75) is 36.0 Å². The predicted molar refractivity (Wildman–Crippen MR) is 168 cm³/mol. The second-order valence-corrected chi connectivity index (χ2v) is 13.6. The van der Waals surface area contributed by atoms with Crippen LogP contribution in [0.3, 0.4) is 0 Å². The van der Waals surface area contributed by atoms with Crippen LogP contribution in [0, 0.1) is 11.3 Å². The number of hydrogen-bond acceptors (Lipinski definition) is 9. The minimum absolute atomic E-state index is 0.109. The predicted octanol–water partition coefficient (Wildman–Crippen LogP) is 4.38. The summed E-state index contributed by atoms with van der Waals surface area (Å²) in [5.74, 6) is -0.438. The first-order valence-electron chi connectivity index (χ1n) is 14.2. The zero-order chi connectivity index (χ0) is 32.7. The van der Waals surface area contributed by atoms with Crippen molar-refractivity contribution in [3.8, 4) is 11.8 Å². The highest BCUT2D eigenvalue weighted by Crippen LogP contribution is 2.55. The molecule has 3 aromatic carbocycles. The number of halogens is 1. The molecule has 2 amide bonds. The molecule has 2 aliphatic heterocycles. The van der Waals surface area contributed by atoms with Crippen LogP contribution >= 0.6 is 11.6 Å². The van der Waals surface area contributed by atoms with E-state index in [0.717, 1.165) is 9.87 Å². The molecule has 1 fully saturated rings. The van der Waals surface area contributed by atoms with Crippen LogP contribution in [0.4, 0.5) is 10.5 Å². The van der Waals surface area contributed by atoms with E-state index in [1.807, 2.05) is 37.2 Å². The number of carbonyl (C=O) groups is 2. The van der Waals surface area contributed by atoms with Gasteiger partial charge in [0.1, 0.15) is 5.75 Å². The maximum absolute atomic E-state index is 15.2. The molecule has 0 spiro atoms. The monoisotopic (exact) mass is 651 g/mol. The summed E-state index contributed by atoms with van der Waals surface area (Å²) in [7, 11) is 3.97. The quantitative estimate of drug-likeness (QED) is 0.349. The van der Waals surface area contributed by atoms with Crippen LogP contribution in [0.25, 0.3) is 0 Å². The molecular weight excluding hydrogens is 618 g/mol. The number of methoxy groups -OCH3 is 1. The Morgan fingerprint density at radius 1 is 1.07 bits per heavy atom. The summed E-state index contributed by atoms with van der Waals surface area (Å²) < 4.78 is 41.3. The highest BCUT2D eigenvalue weighted by molar-refractivity contribution is 7.93. The summed E-state index contributed by atoms with van der Waals surface area (Å²) >= 11 is 6.57. The summed E-state index contributed by atoms with van der Waals surface area (Å²) in [6, 6.07) is 17.4. The van der Waals surface area contributed by atoms with Gasteiger partial charge in [0.15, 0.2) is 11.8 Å². The fraction of sp³-hybridized carbons (Fsp3) is 0.344. The van der Waals surface area contributed by atoms with Crippen LogP contribution in [0.5, 0.6) is 5.75 Å². The average Bonchev–Trinajstić information content (AvgIpc) is 3.56. The van der Waals surface area contributed by atoms with E-state index in [4.69, 9.17) is 21.1 Å². The number of anilines is 1. The summed E-state index contributed by atoms with van der Waals surface area (Å²) in [5, 5.41) is 9.55. The average molecular weight is 652 g/mol. The number of fused-ring (bicyclic) bond motifs is 1. The highest BCUT2D eigenvalue weighted by Gasteiger charge is 2.63. The largest absolute Gasteiger partial charge is 0.496 e. The van der Waals surface area contributed by atoms with Gasteiger partial charge in [-0.3, -0.25) is 4.79 Å². The van der Waals surface area contributed by atoms with E-state index in [-0.39, 0.29) is 21.2 Å². The third-order valence-electron chi connectivity index (χ3n) is 7.97. The lowest BCUT2D eigenvalue weighted by atomic mass is 9.81. The van der Waals surface area contributed by atoms with Gasteiger partial charge in [-0.05, 0) is 81.0 Å². The van der Waals surface area contributed by atoms with E-state index < -0.39 is 33.8 Å². The molecule has 2 atom stereocenters. The number of carbonyl (C=O) groups excluding carboxylic acids is 2. The Kier molecular flexibility index (Phi) is 8.83. The Morgan fingerprint density at radius 2 is 1.78 bits per heavy atom. The third kappa shape index (κ3) is 5.50. The van der Waals surface area contributed by atoms with E-state index in [1.165, 1.54) is 48.4 Å². The first kappa shape index (κ1) is 32.2. The molecular formula is C32H34ClN5O6S. The molecule has 11 nitrogen and oxygen atoms in total. The van der Waals surface area contributed by atoms with Crippen molar-refractivity contribution in [1.29, 1.82) is 5.26 Å². The first-order valence-corrected chi connectivity index (χ1v) is 16.0. The van der Waals surface area contributed by atoms with E-state index in [2.05, 4.69) is 0 Å². The Bertz CT molecular complexity index is 1790. The number of nitriles is 1. The SMILES string of the molecule is COc1cc(CN(C)C)ccc1C1(N2CCC[C@@H]2OC(=O)N(C)C)C(=O)N(S(=O)(=O)c2ccc(C#N)cc2)c2ccc(Cl)cc21. The van der Waals surface area contributed by atoms with Gasteiger partial charge in [-0.2, -0.15) is 5.26 Å². The molecule has 2 aliphatic rings. The van der Waals surface area contributed by atoms with Crippen molar-refractivity contribution < 1.29 is 27.5 Å². The first-order chi connectivity index (χ1) is 21.4. The Morgan fingerprint density at radius 3 is 2.40 bits per heavy atom. The number of sulfonamides is 1. The molecule has 0 saturated carbocycles. The lowest BCUT2D eigenvalue weighted by Gasteiger charge is -2.41. The van der Waals surface area contributed by atoms with Crippen LogP contribution in [0.1, 0.15) is 35.1 Å². The van der Waals surface area contributed by atoms with Crippen molar-refractivity contribution in [3.63, 3.8) is 0 Å². The molecule has 0 bridgehead atoms. The zero-order valence-corrected chi connectivity index (χ0v) is 27.2. The Labute approximate surface area is 268 Å². The second-order valence-electron chi connectivity index (χ2n) is 11.4. The Hall–Kier alpha value is -4.15. The van der Waals surface area contributed by atoms with E-state index in [0.29, 0.717) is 42.8 Å². The number of rotatable bonds is 8. The number of likely N-dealkylation sites (tertiary alicyclic amines) is 1. The summed E-state index contributed by atoms with van der Waals surface area (Å²) in [6.07, 6.45) is -0.498. The normalized spacial score (nSPS) is 19.8. The molecule has 13 heteroatoms. The number of hydrogen-bond donors (Lipinski definition) is 0. The molecule has 3 aromatic rings. The lowest BCUT2D eigenvalue weighted by molar-refractivity contribution is -0.132. The van der Waals surface area contributed by atoms with Crippen molar-refractivity contribution in [1.82, 2.24) is 14.7 Å². The molecule has 45 heavy (non-hydrogen) atoms. The number of benzene rings is 3. The number of amides is 2. The van der Waals surface area contributed by atoms with Crippen LogP contribution in [-0.2, 0) is 31.6 Å². The topological polar surface area (TPSA) is 123 Å². The molecule has 1 unspecified atom stereocenters. The smallest absolute Gasteiger partial charge is 0.410 e. The second kappa shape index (κ2) is 12.3. The van der Waals surface area contributed by atoms with Gasteiger partial charge in [0.25, 0.3) is 15.9 Å². The van der Waals surface area contributed by atoms with Crippen molar-refractivity contribution in [2.75, 3.05) is 46.2 Å². The van der Waals surface area contributed by atoms with Crippen LogP contribution in [0.15, 0.2) is 65.6 Å². The molecule has 0 N–H and O–H groups in total. The van der Waals surface area contributed by atoms with Gasteiger partial charge in [0.2, 0.25) is 0 Å². The van der Waals surface area contributed by atoms with Gasteiger partial charge in [0.05, 0.1) is 29.3 Å². The van der Waals surface area contributed by atoms with E-state index >= 15 is 4.79 Å². The van der Waals surface area contributed by atoms with Crippen LogP contribution in [0.2, 0.25) is 5.02 Å². The van der Waals surface area contributed by atoms with Crippen LogP contribution < -0.4 is 9.04 Å². The summed E-state index contributed by atoms with van der Waals surface area (Å²) in [6.45, 7) is 0.891. The molecule has 0 aliphatic carbocycles. The van der Waals surface area contributed by atoms with Gasteiger partial charge >= 0.3 is 6.09 Å². The van der Waals surface area contributed by atoms with Crippen molar-refractivity contribution in [2.24, 2.45) is 0 Å². The minimum atomic E-state index is -4.50. The molecule has 0 aromatic heterocycles. The number of nitrogens with zero attached hydrogens (tertiary/aromatic N) is 5. The fourth-order valence-corrected chi connectivity index (χ4v) is 7.68. The maximum atomic E-state index is 15.2. The molecule has 2 heterocycles. The molecule has 1 saturated heterocycles. The summed E-state index contributed by atoms with van der Waals surface area (Å²) in [4.78, 5) is 32.9. The van der Waals surface area contributed by atoms with Gasteiger partial charge in [-0.1, -0.05) is 23.7 Å². The number of ether oxygens (including phenoxy) is 2. The molecule has 236 valence electrons. The lowest BCUT2D eigenvalue weighted by Crippen LogP contribution is -2.57. The van der Waals surface area contributed by atoms with Crippen LogP contribution in [-0.4, -0.2) is 83.2 Å². The highest BCUT2D eigenvalue weighted by atomic mass is 35.5. The van der Waals surface area contributed by atoms with Gasteiger partial charge in [0, 0.05) is 43.3 Å². The van der Waals surface area contributed by atoms with Gasteiger partial charge in [-0.25, -0.2) is 22.4 Å². The van der Waals surface area contributed by atoms with Gasteiger partial charge < -0.3 is 19.3 Å². The van der Waals surface area contributed by atoms with Crippen molar-refractivity contribution in [3.05, 3.63) is 87.9 Å². The van der Waals surface area contributed by atoms with Gasteiger partial charge in [-0.15, -0.1) is 0 Å². The van der Waals surface area contributed by atoms with Crippen molar-refractivity contribution >= 4 is 39.3 Å². The zero-order valence-electron chi connectivity index (χ0n) is 25.7. The fourth-order valence-electron chi connectivity index (χ4n) is 6.05. The third-order valence-corrected chi connectivity index (χ3v) is 9.91. The molecule has 0 radical (unpaired) electrons. The van der Waals surface area contributed by atoms with E-state index in [1.54, 1.807) is 31.1 Å².